The number of alkyl halides is 2. The van der Waals surface area contributed by atoms with Gasteiger partial charge in [-0.1, -0.05) is 24.3 Å². The molecule has 29 heavy (non-hydrogen) atoms. The smallest absolute Gasteiger partial charge is 0.331 e. The Labute approximate surface area is 169 Å². The minimum atomic E-state index is -3.49. The molecule has 3 aromatic carbocycles. The molecule has 0 saturated heterocycles. The van der Waals surface area contributed by atoms with Crippen molar-refractivity contribution in [2.24, 2.45) is 0 Å². The molecule has 0 bridgehead atoms. The van der Waals surface area contributed by atoms with E-state index in [0.29, 0.717) is 27.1 Å². The lowest BCUT2D eigenvalue weighted by Gasteiger charge is -2.17. The Morgan fingerprint density at radius 2 is 1.66 bits per heavy atom. The van der Waals surface area contributed by atoms with E-state index in [9.17, 15) is 9.50 Å². The molecule has 3 nitrogen and oxygen atoms in total. The molecule has 7 heteroatoms. The molecule has 0 spiro atoms. The van der Waals surface area contributed by atoms with Crippen LogP contribution in [-0.4, -0.2) is 21.3 Å². The number of aromatic nitrogens is 2. The van der Waals surface area contributed by atoms with Crippen LogP contribution < -0.4 is 0 Å². The second-order valence-corrected chi connectivity index (χ2v) is 7.18. The molecule has 4 aromatic rings. The Hall–Kier alpha value is -3.06. The first kappa shape index (κ1) is 19.3. The maximum atomic E-state index is 15.1. The largest absolute Gasteiger partial charge is 0.507 e. The van der Waals surface area contributed by atoms with Gasteiger partial charge in [-0.2, -0.15) is 8.78 Å². The average Bonchev–Trinajstić information content (AvgIpc) is 2.73. The van der Waals surface area contributed by atoms with Crippen LogP contribution in [0, 0.1) is 5.82 Å². The number of phenolic OH excluding ortho intramolecular Hbond substituents is 1. The molecule has 1 aromatic heterocycles. The summed E-state index contributed by atoms with van der Waals surface area (Å²) >= 11 is 1.24. The van der Waals surface area contributed by atoms with Gasteiger partial charge in [-0.25, -0.2) is 14.4 Å². The summed E-state index contributed by atoms with van der Waals surface area (Å²) in [6, 6.07) is 16.0. The van der Waals surface area contributed by atoms with Crippen molar-refractivity contribution in [3.05, 3.63) is 83.9 Å². The van der Waals surface area contributed by atoms with Crippen molar-refractivity contribution in [2.75, 3.05) is 6.26 Å². The highest BCUT2D eigenvalue weighted by Gasteiger charge is 2.38. The third-order valence-corrected chi connectivity index (χ3v) is 5.26. The Kier molecular flexibility index (Phi) is 4.92. The fourth-order valence-electron chi connectivity index (χ4n) is 3.07. The van der Waals surface area contributed by atoms with E-state index in [2.05, 4.69) is 9.97 Å². The molecular formula is C22H15F3N2OS. The van der Waals surface area contributed by atoms with E-state index in [0.717, 1.165) is 24.3 Å². The van der Waals surface area contributed by atoms with Crippen LogP contribution in [0.1, 0.15) is 11.4 Å². The summed E-state index contributed by atoms with van der Waals surface area (Å²) in [5.41, 5.74) is 1.17. The van der Waals surface area contributed by atoms with Crippen LogP contribution in [0.2, 0.25) is 0 Å². The van der Waals surface area contributed by atoms with Gasteiger partial charge in [0.1, 0.15) is 16.6 Å². The van der Waals surface area contributed by atoms with Gasteiger partial charge in [-0.15, -0.1) is 11.8 Å². The van der Waals surface area contributed by atoms with E-state index in [4.69, 9.17) is 0 Å². The lowest BCUT2D eigenvalue weighted by Crippen LogP contribution is -2.19. The van der Waals surface area contributed by atoms with Crippen LogP contribution >= 0.6 is 11.8 Å². The van der Waals surface area contributed by atoms with E-state index < -0.39 is 17.6 Å². The first-order valence-corrected chi connectivity index (χ1v) is 9.91. The van der Waals surface area contributed by atoms with Gasteiger partial charge in [0.05, 0.1) is 5.52 Å². The maximum Gasteiger partial charge on any atom is 0.331 e. The van der Waals surface area contributed by atoms with Gasteiger partial charge in [0, 0.05) is 16.5 Å². The number of aromatic hydroxyl groups is 1. The molecule has 1 heterocycles. The number of thioether (sulfide) groups is 1. The number of hydrogen-bond donors (Lipinski definition) is 1. The van der Waals surface area contributed by atoms with Crippen LogP contribution in [0.25, 0.3) is 22.0 Å². The van der Waals surface area contributed by atoms with Crippen molar-refractivity contribution in [3.63, 3.8) is 0 Å². The van der Waals surface area contributed by atoms with Gasteiger partial charge in [0.15, 0.2) is 0 Å². The highest BCUT2D eigenvalue weighted by molar-refractivity contribution is 7.98. The Morgan fingerprint density at radius 1 is 0.931 bits per heavy atom. The van der Waals surface area contributed by atoms with Crippen molar-refractivity contribution in [2.45, 2.75) is 10.9 Å². The molecule has 0 amide bonds. The van der Waals surface area contributed by atoms with Crippen LogP contribution in [0.15, 0.2) is 71.8 Å². The molecule has 0 aliphatic carbocycles. The van der Waals surface area contributed by atoms with Gasteiger partial charge < -0.3 is 5.11 Å². The molecule has 0 aliphatic heterocycles. The van der Waals surface area contributed by atoms with E-state index in [1.165, 1.54) is 11.8 Å². The highest BCUT2D eigenvalue weighted by atomic mass is 32.2. The predicted octanol–water partition coefficient (Wildman–Crippen LogP) is 6.00. The van der Waals surface area contributed by atoms with Crippen molar-refractivity contribution < 1.29 is 18.3 Å². The molecule has 0 aliphatic rings. The number of rotatable bonds is 4. The number of halogens is 3. The van der Waals surface area contributed by atoms with Crippen molar-refractivity contribution in [3.8, 4) is 16.9 Å². The first-order chi connectivity index (χ1) is 13.9. The zero-order chi connectivity index (χ0) is 20.6. The topological polar surface area (TPSA) is 46.0 Å². The molecule has 1 N–H and O–H groups in total. The normalized spacial score (nSPS) is 11.7. The zero-order valence-corrected chi connectivity index (χ0v) is 16.1. The molecule has 0 fully saturated rings. The van der Waals surface area contributed by atoms with Gasteiger partial charge in [-0.3, -0.25) is 0 Å². The number of hydrogen-bond acceptors (Lipinski definition) is 4. The number of para-hydroxylation sites is 1. The summed E-state index contributed by atoms with van der Waals surface area (Å²) in [6.07, 6.45) is 1.75. The molecule has 0 atom stereocenters. The second kappa shape index (κ2) is 7.40. The number of fused-ring (bicyclic) bond motifs is 1. The highest BCUT2D eigenvalue weighted by Crippen LogP contribution is 2.37. The molecular weight excluding hydrogens is 397 g/mol. The summed E-state index contributed by atoms with van der Waals surface area (Å²) < 4.78 is 43.3. The van der Waals surface area contributed by atoms with Crippen LogP contribution in [0.5, 0.6) is 5.75 Å². The van der Waals surface area contributed by atoms with Crippen molar-refractivity contribution in [1.82, 2.24) is 9.97 Å². The standard InChI is InChI=1S/C22H15F3N2OS/c1-29-20-17-11-6-13(16-4-2-3-5-19(16)28)12-18(17)26-21(27-20)22(24,25)14-7-9-15(23)10-8-14/h2-12,28H,1H3. The van der Waals surface area contributed by atoms with E-state index in [1.54, 1.807) is 48.7 Å². The molecule has 0 radical (unpaired) electrons. The van der Waals surface area contributed by atoms with Gasteiger partial charge >= 0.3 is 5.92 Å². The lowest BCUT2D eigenvalue weighted by atomic mass is 10.0. The zero-order valence-electron chi connectivity index (χ0n) is 15.2. The fraction of sp³-hybridized carbons (Fsp3) is 0.0909. The van der Waals surface area contributed by atoms with Crippen molar-refractivity contribution in [1.29, 1.82) is 0 Å². The molecule has 0 unspecified atom stereocenters. The Morgan fingerprint density at radius 3 is 2.34 bits per heavy atom. The van der Waals surface area contributed by atoms with Gasteiger partial charge in [0.25, 0.3) is 0 Å². The van der Waals surface area contributed by atoms with E-state index in [1.807, 2.05) is 0 Å². The molecule has 146 valence electrons. The SMILES string of the molecule is CSc1nc(C(F)(F)c2ccc(F)cc2)nc2cc(-c3ccccc3O)ccc12. The third-order valence-electron chi connectivity index (χ3n) is 4.56. The number of nitrogens with zero attached hydrogens (tertiary/aromatic N) is 2. The summed E-state index contributed by atoms with van der Waals surface area (Å²) in [5, 5.41) is 11.2. The average molecular weight is 412 g/mol. The summed E-state index contributed by atoms with van der Waals surface area (Å²) in [4.78, 5) is 8.19. The lowest BCUT2D eigenvalue weighted by molar-refractivity contribution is 0.0325. The molecule has 0 saturated carbocycles. The van der Waals surface area contributed by atoms with Crippen molar-refractivity contribution >= 4 is 22.7 Å². The quantitative estimate of drug-likeness (QED) is 0.330. The Balaban J connectivity index is 1.89. The predicted molar refractivity (Wildman–Crippen MR) is 108 cm³/mol. The summed E-state index contributed by atoms with van der Waals surface area (Å²) in [7, 11) is 0. The minimum Gasteiger partial charge on any atom is -0.507 e. The van der Waals surface area contributed by atoms with Crippen LogP contribution in [0.4, 0.5) is 13.2 Å². The first-order valence-electron chi connectivity index (χ1n) is 8.68. The van der Waals surface area contributed by atoms with Gasteiger partial charge in [-0.05, 0) is 54.3 Å². The second-order valence-electron chi connectivity index (χ2n) is 6.39. The maximum absolute atomic E-state index is 15.1. The molecule has 4 rings (SSSR count). The third kappa shape index (κ3) is 3.53. The summed E-state index contributed by atoms with van der Waals surface area (Å²) in [5.74, 6) is -4.66. The number of benzene rings is 3. The van der Waals surface area contributed by atoms with E-state index >= 15 is 8.78 Å². The van der Waals surface area contributed by atoms with Gasteiger partial charge in [0.2, 0.25) is 5.82 Å². The summed E-state index contributed by atoms with van der Waals surface area (Å²) in [6.45, 7) is 0. The van der Waals surface area contributed by atoms with Crippen LogP contribution in [0.3, 0.4) is 0 Å². The fourth-order valence-corrected chi connectivity index (χ4v) is 3.64. The number of phenols is 1. The van der Waals surface area contributed by atoms with E-state index in [-0.39, 0.29) is 11.3 Å². The van der Waals surface area contributed by atoms with Crippen LogP contribution in [-0.2, 0) is 5.92 Å². The monoisotopic (exact) mass is 412 g/mol. The minimum absolute atomic E-state index is 0.0860. The Bertz CT molecular complexity index is 1200.